The smallest absolute Gasteiger partial charge is 0.243 e. The Morgan fingerprint density at radius 3 is 2.13 bits per heavy atom. The molecule has 31 heavy (non-hydrogen) atoms. The summed E-state index contributed by atoms with van der Waals surface area (Å²) < 4.78 is 0. The third-order valence-corrected chi connectivity index (χ3v) is 6.56. The molecule has 2 aromatic rings. The number of amides is 2. The minimum Gasteiger partial charge on any atom is -0.352 e. The maximum atomic E-state index is 13.4. The molecular weight excluding hydrogens is 478 g/mol. The van der Waals surface area contributed by atoms with E-state index in [9.17, 15) is 9.59 Å². The Morgan fingerprint density at radius 2 is 1.58 bits per heavy atom. The molecule has 0 unspecified atom stereocenters. The van der Waals surface area contributed by atoms with E-state index in [-0.39, 0.29) is 30.8 Å². The normalized spacial score (nSPS) is 12.9. The number of benzene rings is 2. The molecule has 0 spiro atoms. The minimum atomic E-state index is -0.655. The summed E-state index contributed by atoms with van der Waals surface area (Å²) in [6.45, 7) is 5.99. The number of nitrogens with zero attached hydrogens (tertiary/aromatic N) is 1. The second kappa shape index (κ2) is 12.0. The molecule has 8 heteroatoms. The van der Waals surface area contributed by atoms with Crippen LogP contribution >= 0.6 is 46.4 Å². The molecule has 0 aliphatic rings. The van der Waals surface area contributed by atoms with Crippen LogP contribution in [0.25, 0.3) is 0 Å². The highest BCUT2D eigenvalue weighted by Crippen LogP contribution is 2.27. The predicted molar refractivity (Wildman–Crippen MR) is 129 cm³/mol. The van der Waals surface area contributed by atoms with Crippen LogP contribution in [0.3, 0.4) is 0 Å². The van der Waals surface area contributed by atoms with Crippen LogP contribution in [0.15, 0.2) is 36.4 Å². The van der Waals surface area contributed by atoms with E-state index in [0.29, 0.717) is 32.1 Å². The number of halogens is 4. The highest BCUT2D eigenvalue weighted by molar-refractivity contribution is 6.42. The first-order valence-electron chi connectivity index (χ1n) is 10.1. The van der Waals surface area contributed by atoms with Crippen LogP contribution in [-0.2, 0) is 22.6 Å². The quantitative estimate of drug-likeness (QED) is 0.421. The molecule has 0 bridgehead atoms. The van der Waals surface area contributed by atoms with Gasteiger partial charge in [-0.3, -0.25) is 9.59 Å². The number of hydrogen-bond donors (Lipinski definition) is 1. The fraction of sp³-hybridized carbons (Fsp3) is 0.391. The Kier molecular flexibility index (Phi) is 9.95. The molecule has 0 radical (unpaired) electrons. The van der Waals surface area contributed by atoms with Crippen molar-refractivity contribution in [2.75, 3.05) is 0 Å². The van der Waals surface area contributed by atoms with Crippen LogP contribution in [-0.4, -0.2) is 28.8 Å². The Morgan fingerprint density at radius 1 is 0.935 bits per heavy atom. The van der Waals surface area contributed by atoms with Crippen molar-refractivity contribution in [2.24, 2.45) is 0 Å². The summed E-state index contributed by atoms with van der Waals surface area (Å²) in [4.78, 5) is 27.9. The average molecular weight is 504 g/mol. The highest BCUT2D eigenvalue weighted by Gasteiger charge is 2.30. The standard InChI is InChI=1S/C23H26Cl4N2O2/c1-4-14(3)28-23(31)21(5-2)29(13-15-9-10-19(26)20(27)11-15)22(30)12-16-17(24)7-6-8-18(16)25/h6-11,14,21H,4-5,12-13H2,1-3H3,(H,28,31)/t14-,21-/m1/s1. The first kappa shape index (κ1) is 25.8. The van der Waals surface area contributed by atoms with Crippen LogP contribution in [0.1, 0.15) is 44.7 Å². The molecule has 2 aromatic carbocycles. The van der Waals surface area contributed by atoms with Gasteiger partial charge in [0, 0.05) is 22.6 Å². The van der Waals surface area contributed by atoms with Crippen molar-refractivity contribution in [1.82, 2.24) is 10.2 Å². The lowest BCUT2D eigenvalue weighted by Crippen LogP contribution is -2.51. The van der Waals surface area contributed by atoms with Crippen LogP contribution in [0.4, 0.5) is 0 Å². The molecule has 2 amide bonds. The highest BCUT2D eigenvalue weighted by atomic mass is 35.5. The number of carbonyl (C=O) groups excluding carboxylic acids is 2. The van der Waals surface area contributed by atoms with E-state index in [0.717, 1.165) is 12.0 Å². The molecule has 2 atom stereocenters. The molecule has 0 aliphatic carbocycles. The fourth-order valence-corrected chi connectivity index (χ4v) is 4.00. The van der Waals surface area contributed by atoms with E-state index in [1.54, 1.807) is 41.3 Å². The molecule has 4 nitrogen and oxygen atoms in total. The van der Waals surface area contributed by atoms with Gasteiger partial charge < -0.3 is 10.2 Å². The Balaban J connectivity index is 2.38. The molecule has 0 heterocycles. The van der Waals surface area contributed by atoms with Crippen molar-refractivity contribution in [3.8, 4) is 0 Å². The van der Waals surface area contributed by atoms with Crippen molar-refractivity contribution in [3.05, 3.63) is 67.6 Å². The monoisotopic (exact) mass is 502 g/mol. The van der Waals surface area contributed by atoms with E-state index in [4.69, 9.17) is 46.4 Å². The minimum absolute atomic E-state index is 0.00138. The van der Waals surface area contributed by atoms with Crippen molar-refractivity contribution in [3.63, 3.8) is 0 Å². The number of hydrogen-bond acceptors (Lipinski definition) is 2. The van der Waals surface area contributed by atoms with E-state index >= 15 is 0 Å². The van der Waals surface area contributed by atoms with Gasteiger partial charge >= 0.3 is 0 Å². The summed E-state index contributed by atoms with van der Waals surface area (Å²) in [5, 5.41) is 4.61. The molecule has 1 N–H and O–H groups in total. The van der Waals surface area contributed by atoms with Crippen molar-refractivity contribution < 1.29 is 9.59 Å². The molecule has 0 aliphatic heterocycles. The van der Waals surface area contributed by atoms with Crippen molar-refractivity contribution in [1.29, 1.82) is 0 Å². The zero-order valence-electron chi connectivity index (χ0n) is 17.7. The fourth-order valence-electron chi connectivity index (χ4n) is 3.15. The summed E-state index contributed by atoms with van der Waals surface area (Å²) >= 11 is 24.7. The molecule has 0 saturated carbocycles. The average Bonchev–Trinajstić information content (AvgIpc) is 2.73. The number of nitrogens with one attached hydrogen (secondary N) is 1. The maximum absolute atomic E-state index is 13.4. The third kappa shape index (κ3) is 7.01. The van der Waals surface area contributed by atoms with Gasteiger partial charge in [0.15, 0.2) is 0 Å². The zero-order chi connectivity index (χ0) is 23.1. The lowest BCUT2D eigenvalue weighted by molar-refractivity contribution is -0.141. The van der Waals surface area contributed by atoms with Gasteiger partial charge in [-0.15, -0.1) is 0 Å². The van der Waals surface area contributed by atoms with Gasteiger partial charge in [0.1, 0.15) is 6.04 Å². The maximum Gasteiger partial charge on any atom is 0.243 e. The van der Waals surface area contributed by atoms with Gasteiger partial charge in [-0.25, -0.2) is 0 Å². The lowest BCUT2D eigenvalue weighted by atomic mass is 10.1. The van der Waals surface area contributed by atoms with Crippen LogP contribution < -0.4 is 5.32 Å². The Labute approximate surface area is 203 Å². The largest absolute Gasteiger partial charge is 0.352 e. The SMILES string of the molecule is CC[C@@H](C)NC(=O)[C@@H](CC)N(Cc1ccc(Cl)c(Cl)c1)C(=O)Cc1c(Cl)cccc1Cl. The second-order valence-corrected chi connectivity index (χ2v) is 9.02. The topological polar surface area (TPSA) is 49.4 Å². The van der Waals surface area contributed by atoms with E-state index in [2.05, 4.69) is 5.32 Å². The first-order valence-corrected chi connectivity index (χ1v) is 11.7. The Hall–Kier alpha value is -1.46. The second-order valence-electron chi connectivity index (χ2n) is 7.39. The zero-order valence-corrected chi connectivity index (χ0v) is 20.7. The van der Waals surface area contributed by atoms with Gasteiger partial charge in [0.25, 0.3) is 0 Å². The van der Waals surface area contributed by atoms with Gasteiger partial charge in [0.05, 0.1) is 16.5 Å². The van der Waals surface area contributed by atoms with Crippen LogP contribution in [0.2, 0.25) is 20.1 Å². The summed E-state index contributed by atoms with van der Waals surface area (Å²) in [5.41, 5.74) is 1.30. The van der Waals surface area contributed by atoms with Gasteiger partial charge in [-0.2, -0.15) is 0 Å². The summed E-state index contributed by atoms with van der Waals surface area (Å²) in [6.07, 6.45) is 1.22. The van der Waals surface area contributed by atoms with Crippen molar-refractivity contribution in [2.45, 2.75) is 58.7 Å². The van der Waals surface area contributed by atoms with Gasteiger partial charge in [0.2, 0.25) is 11.8 Å². The van der Waals surface area contributed by atoms with E-state index in [1.165, 1.54) is 0 Å². The van der Waals surface area contributed by atoms with Gasteiger partial charge in [-0.1, -0.05) is 72.4 Å². The van der Waals surface area contributed by atoms with Gasteiger partial charge in [-0.05, 0) is 55.2 Å². The third-order valence-electron chi connectivity index (χ3n) is 5.11. The number of carbonyl (C=O) groups is 2. The van der Waals surface area contributed by atoms with E-state index < -0.39 is 6.04 Å². The molecular formula is C23H26Cl4N2O2. The van der Waals surface area contributed by atoms with Crippen molar-refractivity contribution >= 4 is 58.2 Å². The first-order chi connectivity index (χ1) is 14.7. The Bertz CT molecular complexity index is 916. The number of rotatable bonds is 9. The van der Waals surface area contributed by atoms with Crippen LogP contribution in [0.5, 0.6) is 0 Å². The summed E-state index contributed by atoms with van der Waals surface area (Å²) in [7, 11) is 0. The lowest BCUT2D eigenvalue weighted by Gasteiger charge is -2.32. The molecule has 0 saturated heterocycles. The van der Waals surface area contributed by atoms with Crippen LogP contribution in [0, 0.1) is 0 Å². The summed E-state index contributed by atoms with van der Waals surface area (Å²) in [6, 6.07) is 9.60. The molecule has 2 rings (SSSR count). The molecule has 0 aromatic heterocycles. The summed E-state index contributed by atoms with van der Waals surface area (Å²) in [5.74, 6) is -0.456. The predicted octanol–water partition coefficient (Wildman–Crippen LogP) is 6.56. The van der Waals surface area contributed by atoms with E-state index in [1.807, 2.05) is 20.8 Å². The molecule has 168 valence electrons. The molecule has 0 fully saturated rings.